The number of hydrogen-bond donors (Lipinski definition) is 0. The van der Waals surface area contributed by atoms with Gasteiger partial charge in [-0.3, -0.25) is 4.79 Å². The van der Waals surface area contributed by atoms with E-state index in [1.54, 1.807) is 17.0 Å². The van der Waals surface area contributed by atoms with Gasteiger partial charge in [-0.2, -0.15) is 5.10 Å². The highest BCUT2D eigenvalue weighted by molar-refractivity contribution is 6.04. The maximum absolute atomic E-state index is 12.6. The average Bonchev–Trinajstić information content (AvgIpc) is 3.11. The number of amides is 1. The van der Waals surface area contributed by atoms with Crippen molar-refractivity contribution in [3.8, 4) is 5.82 Å². The minimum absolute atomic E-state index is 0.189. The summed E-state index contributed by atoms with van der Waals surface area (Å²) in [4.78, 5) is 18.1. The van der Waals surface area contributed by atoms with Crippen molar-refractivity contribution in [1.82, 2.24) is 25.0 Å². The highest BCUT2D eigenvalue weighted by Gasteiger charge is 2.17. The SMILES string of the molecule is CCN(C(=O)c1ccc(-n2cncn2)nn1)c1ccccc1. The van der Waals surface area contributed by atoms with Crippen molar-refractivity contribution in [1.29, 1.82) is 0 Å². The molecule has 0 saturated carbocycles. The monoisotopic (exact) mass is 294 g/mol. The molecule has 0 fully saturated rings. The molecule has 0 saturated heterocycles. The van der Waals surface area contributed by atoms with Crippen LogP contribution in [0.2, 0.25) is 0 Å². The molecule has 22 heavy (non-hydrogen) atoms. The molecular formula is C15H14N6O. The van der Waals surface area contributed by atoms with E-state index in [1.807, 2.05) is 37.3 Å². The molecule has 0 unspecified atom stereocenters. The molecule has 1 amide bonds. The summed E-state index contributed by atoms with van der Waals surface area (Å²) >= 11 is 0. The smallest absolute Gasteiger partial charge is 0.278 e. The standard InChI is InChI=1S/C15H14N6O/c1-2-20(12-6-4-3-5-7-12)15(22)13-8-9-14(19-18-13)21-11-16-10-17-21/h3-11H,2H2,1H3. The fourth-order valence-electron chi connectivity index (χ4n) is 2.08. The van der Waals surface area contributed by atoms with Crippen LogP contribution in [0.4, 0.5) is 5.69 Å². The molecule has 0 aliphatic heterocycles. The Balaban J connectivity index is 1.85. The third kappa shape index (κ3) is 2.69. The number of nitrogens with zero attached hydrogens (tertiary/aromatic N) is 6. The van der Waals surface area contributed by atoms with Crippen LogP contribution in [0.15, 0.2) is 55.1 Å². The predicted octanol–water partition coefficient (Wildman–Crippen LogP) is 1.72. The predicted molar refractivity (Wildman–Crippen MR) is 80.7 cm³/mol. The second kappa shape index (κ2) is 6.13. The average molecular weight is 294 g/mol. The highest BCUT2D eigenvalue weighted by Crippen LogP contribution is 2.15. The van der Waals surface area contributed by atoms with E-state index >= 15 is 0 Å². The van der Waals surface area contributed by atoms with E-state index in [-0.39, 0.29) is 11.6 Å². The van der Waals surface area contributed by atoms with Crippen LogP contribution in [0.25, 0.3) is 5.82 Å². The van der Waals surface area contributed by atoms with Crippen molar-refractivity contribution in [2.75, 3.05) is 11.4 Å². The lowest BCUT2D eigenvalue weighted by atomic mass is 10.2. The number of rotatable bonds is 4. The second-order valence-electron chi connectivity index (χ2n) is 4.50. The summed E-state index contributed by atoms with van der Waals surface area (Å²) < 4.78 is 1.48. The molecule has 1 aromatic carbocycles. The molecule has 7 nitrogen and oxygen atoms in total. The van der Waals surface area contributed by atoms with E-state index in [2.05, 4.69) is 20.3 Å². The largest absolute Gasteiger partial charge is 0.307 e. The summed E-state index contributed by atoms with van der Waals surface area (Å²) in [7, 11) is 0. The van der Waals surface area contributed by atoms with Crippen LogP contribution in [0.5, 0.6) is 0 Å². The van der Waals surface area contributed by atoms with Crippen LogP contribution >= 0.6 is 0 Å². The van der Waals surface area contributed by atoms with Crippen LogP contribution in [-0.4, -0.2) is 37.4 Å². The number of carbonyl (C=O) groups is 1. The Morgan fingerprint density at radius 2 is 1.95 bits per heavy atom. The summed E-state index contributed by atoms with van der Waals surface area (Å²) in [5, 5.41) is 12.0. The van der Waals surface area contributed by atoms with Gasteiger partial charge < -0.3 is 4.90 Å². The van der Waals surface area contributed by atoms with Gasteiger partial charge in [0.05, 0.1) is 0 Å². The zero-order valence-electron chi connectivity index (χ0n) is 12.0. The lowest BCUT2D eigenvalue weighted by molar-refractivity contribution is 0.0982. The summed E-state index contributed by atoms with van der Waals surface area (Å²) in [5.41, 5.74) is 1.12. The first-order valence-electron chi connectivity index (χ1n) is 6.85. The number of carbonyl (C=O) groups excluding carboxylic acids is 1. The molecule has 0 bridgehead atoms. The van der Waals surface area contributed by atoms with E-state index in [1.165, 1.54) is 17.3 Å². The Kier molecular flexibility index (Phi) is 3.86. The first-order valence-corrected chi connectivity index (χ1v) is 6.85. The lowest BCUT2D eigenvalue weighted by Gasteiger charge is -2.20. The van der Waals surface area contributed by atoms with E-state index in [0.717, 1.165) is 5.69 Å². The molecule has 0 atom stereocenters. The van der Waals surface area contributed by atoms with Gasteiger partial charge in [0.25, 0.3) is 5.91 Å². The Bertz CT molecular complexity index is 739. The number of aromatic nitrogens is 5. The zero-order chi connectivity index (χ0) is 15.4. The molecule has 3 aromatic rings. The van der Waals surface area contributed by atoms with Crippen molar-refractivity contribution in [2.45, 2.75) is 6.92 Å². The molecule has 3 rings (SSSR count). The first kappa shape index (κ1) is 13.9. The molecule has 0 radical (unpaired) electrons. The topological polar surface area (TPSA) is 76.8 Å². The van der Waals surface area contributed by atoms with Gasteiger partial charge in [0.1, 0.15) is 12.7 Å². The number of para-hydroxylation sites is 1. The van der Waals surface area contributed by atoms with Gasteiger partial charge in [0, 0.05) is 12.2 Å². The maximum Gasteiger partial charge on any atom is 0.278 e. The lowest BCUT2D eigenvalue weighted by Crippen LogP contribution is -2.31. The Morgan fingerprint density at radius 3 is 2.55 bits per heavy atom. The zero-order valence-corrected chi connectivity index (χ0v) is 12.0. The minimum Gasteiger partial charge on any atom is -0.307 e. The molecule has 2 heterocycles. The Hall–Kier alpha value is -3.09. The van der Waals surface area contributed by atoms with Gasteiger partial charge in [-0.1, -0.05) is 18.2 Å². The van der Waals surface area contributed by atoms with Crippen LogP contribution in [-0.2, 0) is 0 Å². The van der Waals surface area contributed by atoms with Crippen molar-refractivity contribution in [2.24, 2.45) is 0 Å². The quantitative estimate of drug-likeness (QED) is 0.732. The van der Waals surface area contributed by atoms with Crippen molar-refractivity contribution in [3.05, 3.63) is 60.8 Å². The summed E-state index contributed by atoms with van der Waals surface area (Å²) in [5.74, 6) is 0.322. The molecule has 0 spiro atoms. The van der Waals surface area contributed by atoms with Crippen LogP contribution in [0, 0.1) is 0 Å². The van der Waals surface area contributed by atoms with Crippen molar-refractivity contribution < 1.29 is 4.79 Å². The van der Waals surface area contributed by atoms with Gasteiger partial charge >= 0.3 is 0 Å². The van der Waals surface area contributed by atoms with Gasteiger partial charge in [0.2, 0.25) is 0 Å². The van der Waals surface area contributed by atoms with E-state index in [4.69, 9.17) is 0 Å². The molecule has 0 aliphatic carbocycles. The molecule has 0 N–H and O–H groups in total. The molecule has 110 valence electrons. The Labute approximate surface area is 127 Å². The molecular weight excluding hydrogens is 280 g/mol. The molecule has 7 heteroatoms. The third-order valence-electron chi connectivity index (χ3n) is 3.15. The fourth-order valence-corrected chi connectivity index (χ4v) is 2.08. The minimum atomic E-state index is -0.189. The summed E-state index contributed by atoms with van der Waals surface area (Å²) in [6.07, 6.45) is 2.93. The Morgan fingerprint density at radius 1 is 1.14 bits per heavy atom. The first-order chi connectivity index (χ1) is 10.8. The normalized spacial score (nSPS) is 10.4. The van der Waals surface area contributed by atoms with Crippen LogP contribution in [0.3, 0.4) is 0 Å². The van der Waals surface area contributed by atoms with Gasteiger partial charge in [-0.25, -0.2) is 9.67 Å². The molecule has 0 aliphatic rings. The number of hydrogen-bond acceptors (Lipinski definition) is 5. The summed E-state index contributed by atoms with van der Waals surface area (Å²) in [6, 6.07) is 12.8. The second-order valence-corrected chi connectivity index (χ2v) is 4.50. The molecule has 2 aromatic heterocycles. The van der Waals surface area contributed by atoms with Gasteiger partial charge in [-0.05, 0) is 31.2 Å². The van der Waals surface area contributed by atoms with E-state index in [9.17, 15) is 4.79 Å². The fraction of sp³-hybridized carbons (Fsp3) is 0.133. The van der Waals surface area contributed by atoms with Gasteiger partial charge in [0.15, 0.2) is 11.5 Å². The van der Waals surface area contributed by atoms with E-state index in [0.29, 0.717) is 12.4 Å². The number of benzene rings is 1. The van der Waals surface area contributed by atoms with Crippen LogP contribution < -0.4 is 4.90 Å². The summed E-state index contributed by atoms with van der Waals surface area (Å²) in [6.45, 7) is 2.47. The maximum atomic E-state index is 12.6. The van der Waals surface area contributed by atoms with Gasteiger partial charge in [-0.15, -0.1) is 10.2 Å². The van der Waals surface area contributed by atoms with Crippen molar-refractivity contribution in [3.63, 3.8) is 0 Å². The van der Waals surface area contributed by atoms with E-state index < -0.39 is 0 Å². The third-order valence-corrected chi connectivity index (χ3v) is 3.15. The van der Waals surface area contributed by atoms with Crippen LogP contribution in [0.1, 0.15) is 17.4 Å². The van der Waals surface area contributed by atoms with Crippen molar-refractivity contribution >= 4 is 11.6 Å². The highest BCUT2D eigenvalue weighted by atomic mass is 16.2. The number of anilines is 1.